The Balaban J connectivity index is 0.000000503. The molecule has 27 heavy (non-hydrogen) atoms. The van der Waals surface area contributed by atoms with E-state index in [9.17, 15) is 52.8 Å². The molecule has 2 amide bonds. The molecular weight excluding hydrogens is 438 g/mol. The van der Waals surface area contributed by atoms with Crippen LogP contribution in [0.3, 0.4) is 0 Å². The molecule has 0 aromatic carbocycles. The Morgan fingerprint density at radius 1 is 0.926 bits per heavy atom. The molecule has 1 fully saturated rings. The molecule has 0 aromatic rings. The van der Waals surface area contributed by atoms with Crippen molar-refractivity contribution in [3.05, 3.63) is 0 Å². The molecule has 0 aromatic heterocycles. The van der Waals surface area contributed by atoms with Gasteiger partial charge in [0.05, 0.1) is 0 Å². The van der Waals surface area contributed by atoms with Gasteiger partial charge in [-0.15, -0.1) is 0 Å². The predicted octanol–water partition coefficient (Wildman–Crippen LogP) is 0.351. The Hall–Kier alpha value is -1.62. The van der Waals surface area contributed by atoms with Crippen molar-refractivity contribution in [2.45, 2.75) is 30.3 Å². The largest absolute Gasteiger partial charge is 0.516 e. The molecule has 0 aliphatic heterocycles. The van der Waals surface area contributed by atoms with E-state index >= 15 is 0 Å². The summed E-state index contributed by atoms with van der Waals surface area (Å²) in [7, 11) is -10.1. The highest BCUT2D eigenvalue weighted by Crippen LogP contribution is 2.28. The second-order valence-electron chi connectivity index (χ2n) is 4.95. The Morgan fingerprint density at radius 2 is 1.33 bits per heavy atom. The van der Waals surface area contributed by atoms with Gasteiger partial charge in [-0.1, -0.05) is 6.42 Å². The first-order chi connectivity index (χ1) is 11.9. The van der Waals surface area contributed by atoms with Crippen molar-refractivity contribution >= 4 is 31.9 Å². The van der Waals surface area contributed by atoms with Gasteiger partial charge in [0.1, 0.15) is 6.61 Å². The quantitative estimate of drug-likeness (QED) is 0.575. The van der Waals surface area contributed by atoms with E-state index in [0.717, 1.165) is 23.0 Å². The highest BCUT2D eigenvalue weighted by atomic mass is 32.2. The van der Waals surface area contributed by atoms with Crippen molar-refractivity contribution in [3.63, 3.8) is 0 Å². The average molecular weight is 452 g/mol. The van der Waals surface area contributed by atoms with Gasteiger partial charge in [0.2, 0.25) is 5.91 Å². The van der Waals surface area contributed by atoms with Crippen LogP contribution < -0.4 is 9.44 Å². The van der Waals surface area contributed by atoms with Gasteiger partial charge in [-0.25, -0.2) is 9.44 Å². The third-order valence-electron chi connectivity index (χ3n) is 2.84. The second-order valence-corrected chi connectivity index (χ2v) is 8.30. The zero-order valence-corrected chi connectivity index (χ0v) is 15.0. The lowest BCUT2D eigenvalue weighted by Crippen LogP contribution is -2.44. The van der Waals surface area contributed by atoms with E-state index in [4.69, 9.17) is 0 Å². The van der Waals surface area contributed by atoms with Crippen LogP contribution in [0.15, 0.2) is 0 Å². The summed E-state index contributed by atoms with van der Waals surface area (Å²) < 4.78 is 117. The van der Waals surface area contributed by atoms with Gasteiger partial charge >= 0.3 is 31.1 Å². The summed E-state index contributed by atoms with van der Waals surface area (Å²) >= 11 is 0. The Kier molecular flexibility index (Phi) is 8.50. The fourth-order valence-corrected chi connectivity index (χ4v) is 2.33. The monoisotopic (exact) mass is 452 g/mol. The molecule has 9 nitrogen and oxygen atoms in total. The minimum Gasteiger partial charge on any atom is -0.375 e. The first kappa shape index (κ1) is 25.4. The van der Waals surface area contributed by atoms with Gasteiger partial charge in [-0.3, -0.25) is 9.59 Å². The number of rotatable bonds is 5. The van der Waals surface area contributed by atoms with Gasteiger partial charge in [-0.2, -0.15) is 43.2 Å². The van der Waals surface area contributed by atoms with Gasteiger partial charge in [0, 0.05) is 13.0 Å². The minimum atomic E-state index is -5.60. The highest BCUT2D eigenvalue weighted by Gasteiger charge is 2.48. The van der Waals surface area contributed by atoms with Crippen LogP contribution >= 0.6 is 0 Å². The first-order valence-electron chi connectivity index (χ1n) is 6.68. The number of methoxy groups -OCH3 is 1. The van der Waals surface area contributed by atoms with Gasteiger partial charge in [-0.05, 0) is 12.8 Å². The molecule has 1 saturated carbocycles. The molecule has 1 rings (SSSR count). The zero-order chi connectivity index (χ0) is 21.7. The number of hydrogen-bond donors (Lipinski definition) is 2. The molecule has 0 saturated heterocycles. The standard InChI is InChI=1S/C6H8F3NO3S.C4H6F3NO4S/c7-6(8,9)14(12,13)10-5(11)4-2-1-3-4;1-12-2-3(9)8-13(10,11)4(5,6)7/h4H,1-3H2,(H,10,11);2H2,1H3,(H,8,9). The van der Waals surface area contributed by atoms with E-state index in [1.54, 1.807) is 0 Å². The summed E-state index contributed by atoms with van der Waals surface area (Å²) in [6.07, 6.45) is 1.63. The van der Waals surface area contributed by atoms with Crippen molar-refractivity contribution < 1.29 is 57.5 Å². The van der Waals surface area contributed by atoms with Crippen LogP contribution in [0.4, 0.5) is 26.3 Å². The molecule has 0 radical (unpaired) electrons. The van der Waals surface area contributed by atoms with Crippen LogP contribution in [-0.2, 0) is 34.4 Å². The molecule has 1 aliphatic carbocycles. The number of nitrogens with one attached hydrogen (secondary N) is 2. The number of halogens is 6. The van der Waals surface area contributed by atoms with Crippen LogP contribution in [0.25, 0.3) is 0 Å². The average Bonchev–Trinajstić information content (AvgIpc) is 2.32. The molecule has 0 atom stereocenters. The Bertz CT molecular complexity index is 741. The SMILES string of the molecule is COCC(=O)NS(=O)(=O)C(F)(F)F.O=C(NS(=O)(=O)C(F)(F)F)C1CCC1. The number of amides is 2. The number of sulfonamides is 2. The van der Waals surface area contributed by atoms with Crippen LogP contribution in [-0.4, -0.2) is 53.4 Å². The maximum absolute atomic E-state index is 11.8. The maximum atomic E-state index is 11.8. The summed E-state index contributed by atoms with van der Waals surface area (Å²) in [6.45, 7) is -0.755. The minimum absolute atomic E-state index is 0.444. The number of carbonyl (C=O) groups excluding carboxylic acids is 2. The second kappa shape index (κ2) is 9.05. The lowest BCUT2D eigenvalue weighted by Gasteiger charge is -2.23. The summed E-state index contributed by atoms with van der Waals surface area (Å²) in [4.78, 5) is 21.3. The molecule has 0 bridgehead atoms. The summed E-state index contributed by atoms with van der Waals surface area (Å²) in [6, 6.07) is 0. The van der Waals surface area contributed by atoms with Crippen molar-refractivity contribution in [1.29, 1.82) is 0 Å². The molecule has 2 N–H and O–H groups in total. The third kappa shape index (κ3) is 7.87. The van der Waals surface area contributed by atoms with Crippen LogP contribution in [0.2, 0.25) is 0 Å². The molecule has 160 valence electrons. The van der Waals surface area contributed by atoms with Gasteiger partial charge in [0.15, 0.2) is 0 Å². The molecule has 0 heterocycles. The smallest absolute Gasteiger partial charge is 0.375 e. The summed E-state index contributed by atoms with van der Waals surface area (Å²) in [5.74, 6) is -3.03. The fourth-order valence-electron chi connectivity index (χ4n) is 1.31. The molecule has 0 unspecified atom stereocenters. The zero-order valence-electron chi connectivity index (χ0n) is 13.3. The van der Waals surface area contributed by atoms with E-state index in [-0.39, 0.29) is 0 Å². The third-order valence-corrected chi connectivity index (χ3v) is 5.03. The van der Waals surface area contributed by atoms with E-state index in [2.05, 4.69) is 4.74 Å². The van der Waals surface area contributed by atoms with Crippen molar-refractivity contribution in [2.75, 3.05) is 13.7 Å². The van der Waals surface area contributed by atoms with E-state index in [1.165, 1.54) is 0 Å². The summed E-state index contributed by atoms with van der Waals surface area (Å²) in [5, 5.41) is 0. The number of hydrogen-bond acceptors (Lipinski definition) is 7. The van der Waals surface area contributed by atoms with Crippen LogP contribution in [0, 0.1) is 5.92 Å². The highest BCUT2D eigenvalue weighted by molar-refractivity contribution is 7.91. The molecule has 0 spiro atoms. The number of ether oxygens (including phenoxy) is 1. The van der Waals surface area contributed by atoms with Gasteiger partial charge < -0.3 is 4.74 Å². The Morgan fingerprint density at radius 3 is 1.63 bits per heavy atom. The van der Waals surface area contributed by atoms with Crippen molar-refractivity contribution in [3.8, 4) is 0 Å². The molecule has 1 aliphatic rings. The maximum Gasteiger partial charge on any atom is 0.516 e. The molecule has 17 heteroatoms. The number of alkyl halides is 6. The molecular formula is C10H14F6N2O7S2. The van der Waals surface area contributed by atoms with E-state index < -0.39 is 55.4 Å². The van der Waals surface area contributed by atoms with E-state index in [1.807, 2.05) is 0 Å². The lowest BCUT2D eigenvalue weighted by molar-refractivity contribution is -0.126. The Labute approximate surface area is 149 Å². The first-order valence-corrected chi connectivity index (χ1v) is 9.65. The number of carbonyl (C=O) groups is 2. The van der Waals surface area contributed by atoms with Crippen molar-refractivity contribution in [1.82, 2.24) is 9.44 Å². The van der Waals surface area contributed by atoms with Crippen LogP contribution in [0.1, 0.15) is 19.3 Å². The fraction of sp³-hybridized carbons (Fsp3) is 0.800. The predicted molar refractivity (Wildman–Crippen MR) is 75.5 cm³/mol. The van der Waals surface area contributed by atoms with Crippen LogP contribution in [0.5, 0.6) is 0 Å². The topological polar surface area (TPSA) is 136 Å². The van der Waals surface area contributed by atoms with Gasteiger partial charge in [0.25, 0.3) is 5.91 Å². The van der Waals surface area contributed by atoms with Crippen molar-refractivity contribution in [2.24, 2.45) is 5.92 Å². The summed E-state index contributed by atoms with van der Waals surface area (Å²) in [5.41, 5.74) is -10.9. The normalized spacial score (nSPS) is 15.8. The lowest BCUT2D eigenvalue weighted by atomic mass is 9.85. The van der Waals surface area contributed by atoms with E-state index in [0.29, 0.717) is 12.8 Å².